The maximum atomic E-state index is 6.01. The van der Waals surface area contributed by atoms with Gasteiger partial charge in [0.05, 0.1) is 0 Å². The number of nitrogens with two attached hydrogens (primary N) is 1. The van der Waals surface area contributed by atoms with Gasteiger partial charge in [0.1, 0.15) is 0 Å². The predicted molar refractivity (Wildman–Crippen MR) is 66.9 cm³/mol. The van der Waals surface area contributed by atoms with Crippen LogP contribution in [0.1, 0.15) is 52.9 Å². The third-order valence-electron chi connectivity index (χ3n) is 3.64. The van der Waals surface area contributed by atoms with E-state index in [0.29, 0.717) is 0 Å². The van der Waals surface area contributed by atoms with Gasteiger partial charge in [0.25, 0.3) is 0 Å². The second-order valence-corrected chi connectivity index (χ2v) is 6.14. The molecule has 0 bridgehead atoms. The summed E-state index contributed by atoms with van der Waals surface area (Å²) < 4.78 is 0. The molecule has 1 aliphatic rings. The van der Waals surface area contributed by atoms with Gasteiger partial charge in [-0.25, -0.2) is 0 Å². The zero-order chi connectivity index (χ0) is 11.5. The van der Waals surface area contributed by atoms with Gasteiger partial charge in [-0.05, 0) is 52.6 Å². The van der Waals surface area contributed by atoms with Crippen LogP contribution in [0.25, 0.3) is 0 Å². The van der Waals surface area contributed by atoms with E-state index in [1.165, 1.54) is 25.7 Å². The van der Waals surface area contributed by atoms with Crippen LogP contribution in [0, 0.1) is 5.92 Å². The standard InChI is InChI=1S/C13H28N2/c1-11-6-5-7-12(10-11)15(4)9-8-13(2,3)14/h11-12H,5-10,14H2,1-4H3. The molecule has 0 aromatic carbocycles. The van der Waals surface area contributed by atoms with Crippen LogP contribution in [0.4, 0.5) is 0 Å². The summed E-state index contributed by atoms with van der Waals surface area (Å²) in [5.74, 6) is 0.914. The van der Waals surface area contributed by atoms with Crippen LogP contribution >= 0.6 is 0 Å². The van der Waals surface area contributed by atoms with Crippen LogP contribution in [-0.2, 0) is 0 Å². The summed E-state index contributed by atoms with van der Waals surface area (Å²) >= 11 is 0. The smallest absolute Gasteiger partial charge is 0.0109 e. The first-order valence-corrected chi connectivity index (χ1v) is 6.37. The molecule has 15 heavy (non-hydrogen) atoms. The Kier molecular flexibility index (Phi) is 4.60. The summed E-state index contributed by atoms with van der Waals surface area (Å²) in [7, 11) is 2.26. The quantitative estimate of drug-likeness (QED) is 0.776. The van der Waals surface area contributed by atoms with Crippen molar-refractivity contribution >= 4 is 0 Å². The highest BCUT2D eigenvalue weighted by Crippen LogP contribution is 2.26. The molecule has 1 fully saturated rings. The Morgan fingerprint density at radius 1 is 1.33 bits per heavy atom. The fourth-order valence-electron chi connectivity index (χ4n) is 2.45. The third-order valence-corrected chi connectivity index (χ3v) is 3.64. The van der Waals surface area contributed by atoms with E-state index >= 15 is 0 Å². The number of hydrogen-bond acceptors (Lipinski definition) is 2. The molecule has 2 nitrogen and oxygen atoms in total. The van der Waals surface area contributed by atoms with E-state index in [1.807, 2.05) is 0 Å². The molecule has 1 rings (SSSR count). The molecule has 0 aliphatic heterocycles. The van der Waals surface area contributed by atoms with Crippen molar-refractivity contribution in [2.45, 2.75) is 64.5 Å². The molecule has 1 saturated carbocycles. The first kappa shape index (κ1) is 13.0. The van der Waals surface area contributed by atoms with Crippen molar-refractivity contribution in [1.82, 2.24) is 4.90 Å². The topological polar surface area (TPSA) is 29.3 Å². The molecule has 0 amide bonds. The Hall–Kier alpha value is -0.0800. The van der Waals surface area contributed by atoms with Crippen LogP contribution in [0.5, 0.6) is 0 Å². The molecule has 2 N–H and O–H groups in total. The Morgan fingerprint density at radius 2 is 2.00 bits per heavy atom. The van der Waals surface area contributed by atoms with E-state index in [2.05, 4.69) is 32.7 Å². The van der Waals surface area contributed by atoms with Crippen LogP contribution in [0.15, 0.2) is 0 Å². The van der Waals surface area contributed by atoms with Crippen LogP contribution in [0.3, 0.4) is 0 Å². The van der Waals surface area contributed by atoms with Gasteiger partial charge in [-0.15, -0.1) is 0 Å². The molecule has 2 unspecified atom stereocenters. The molecule has 2 heteroatoms. The van der Waals surface area contributed by atoms with Gasteiger partial charge < -0.3 is 10.6 Å². The number of nitrogens with zero attached hydrogens (tertiary/aromatic N) is 1. The molecule has 0 spiro atoms. The Labute approximate surface area is 95.2 Å². The third kappa shape index (κ3) is 4.98. The van der Waals surface area contributed by atoms with E-state index in [9.17, 15) is 0 Å². The zero-order valence-corrected chi connectivity index (χ0v) is 10.9. The van der Waals surface area contributed by atoms with Gasteiger partial charge in [0, 0.05) is 11.6 Å². The van der Waals surface area contributed by atoms with Crippen molar-refractivity contribution < 1.29 is 0 Å². The summed E-state index contributed by atoms with van der Waals surface area (Å²) in [6, 6.07) is 0.802. The van der Waals surface area contributed by atoms with Gasteiger partial charge in [-0.1, -0.05) is 19.8 Å². The Bertz CT molecular complexity index is 183. The van der Waals surface area contributed by atoms with E-state index in [4.69, 9.17) is 5.73 Å². The predicted octanol–water partition coefficient (Wildman–Crippen LogP) is 2.62. The van der Waals surface area contributed by atoms with Crippen molar-refractivity contribution in [3.05, 3.63) is 0 Å². The minimum Gasteiger partial charge on any atom is -0.326 e. The van der Waals surface area contributed by atoms with Crippen molar-refractivity contribution in [1.29, 1.82) is 0 Å². The normalized spacial score (nSPS) is 28.4. The summed E-state index contributed by atoms with van der Waals surface area (Å²) in [6.45, 7) is 7.75. The van der Waals surface area contributed by atoms with Gasteiger partial charge in [-0.3, -0.25) is 0 Å². The van der Waals surface area contributed by atoms with Crippen molar-refractivity contribution in [2.75, 3.05) is 13.6 Å². The summed E-state index contributed by atoms with van der Waals surface area (Å²) in [6.07, 6.45) is 6.68. The van der Waals surface area contributed by atoms with Crippen LogP contribution in [-0.4, -0.2) is 30.1 Å². The molecule has 90 valence electrons. The van der Waals surface area contributed by atoms with E-state index < -0.39 is 0 Å². The monoisotopic (exact) mass is 212 g/mol. The highest BCUT2D eigenvalue weighted by atomic mass is 15.1. The van der Waals surface area contributed by atoms with E-state index in [1.54, 1.807) is 0 Å². The molecule has 0 saturated heterocycles. The van der Waals surface area contributed by atoms with Gasteiger partial charge in [0.2, 0.25) is 0 Å². The first-order chi connectivity index (χ1) is 6.88. The first-order valence-electron chi connectivity index (χ1n) is 6.37. The summed E-state index contributed by atoms with van der Waals surface area (Å²) in [5, 5.41) is 0. The number of hydrogen-bond donors (Lipinski definition) is 1. The maximum Gasteiger partial charge on any atom is 0.0109 e. The molecule has 0 aromatic heterocycles. The minimum absolute atomic E-state index is 0.0193. The zero-order valence-electron chi connectivity index (χ0n) is 10.9. The van der Waals surface area contributed by atoms with Crippen molar-refractivity contribution in [3.8, 4) is 0 Å². The molecular formula is C13H28N2. The van der Waals surface area contributed by atoms with Crippen molar-refractivity contribution in [3.63, 3.8) is 0 Å². The highest BCUT2D eigenvalue weighted by Gasteiger charge is 2.23. The highest BCUT2D eigenvalue weighted by molar-refractivity contribution is 4.79. The van der Waals surface area contributed by atoms with Gasteiger partial charge in [-0.2, -0.15) is 0 Å². The largest absolute Gasteiger partial charge is 0.326 e. The molecule has 1 aliphatic carbocycles. The second-order valence-electron chi connectivity index (χ2n) is 6.14. The lowest BCUT2D eigenvalue weighted by molar-refractivity contribution is 0.155. The lowest BCUT2D eigenvalue weighted by atomic mass is 9.86. The van der Waals surface area contributed by atoms with Crippen LogP contribution in [0.2, 0.25) is 0 Å². The average molecular weight is 212 g/mol. The van der Waals surface area contributed by atoms with Crippen LogP contribution < -0.4 is 5.73 Å². The number of rotatable bonds is 4. The molecule has 0 radical (unpaired) electrons. The maximum absolute atomic E-state index is 6.01. The van der Waals surface area contributed by atoms with Gasteiger partial charge in [0.15, 0.2) is 0 Å². The lowest BCUT2D eigenvalue weighted by Crippen LogP contribution is -2.41. The molecule has 0 heterocycles. The summed E-state index contributed by atoms with van der Waals surface area (Å²) in [5.41, 5.74) is 5.99. The lowest BCUT2D eigenvalue weighted by Gasteiger charge is -2.35. The fraction of sp³-hybridized carbons (Fsp3) is 1.00. The fourth-order valence-corrected chi connectivity index (χ4v) is 2.45. The SMILES string of the molecule is CC1CCCC(N(C)CCC(C)(C)N)C1. The Balaban J connectivity index is 2.29. The molecular weight excluding hydrogens is 184 g/mol. The minimum atomic E-state index is -0.0193. The van der Waals surface area contributed by atoms with Crippen molar-refractivity contribution in [2.24, 2.45) is 11.7 Å². The molecule has 2 atom stereocenters. The van der Waals surface area contributed by atoms with Gasteiger partial charge >= 0.3 is 0 Å². The average Bonchev–Trinajstić information content (AvgIpc) is 2.13. The second kappa shape index (κ2) is 5.31. The summed E-state index contributed by atoms with van der Waals surface area (Å²) in [4.78, 5) is 2.52. The van der Waals surface area contributed by atoms with E-state index in [-0.39, 0.29) is 5.54 Å². The van der Waals surface area contributed by atoms with E-state index in [0.717, 1.165) is 24.9 Å². The molecule has 0 aromatic rings. The Morgan fingerprint density at radius 3 is 2.53 bits per heavy atom.